The van der Waals surface area contributed by atoms with Crippen LogP contribution in [0.2, 0.25) is 0 Å². The van der Waals surface area contributed by atoms with Crippen LogP contribution in [0.4, 0.5) is 4.39 Å². The Bertz CT molecular complexity index is 459. The van der Waals surface area contributed by atoms with Crippen molar-refractivity contribution in [3.05, 3.63) is 36.3 Å². The number of unbranched alkanes of at least 4 members (excludes halogenated alkanes) is 3. The Morgan fingerprint density at radius 2 is 2.00 bits per heavy atom. The van der Waals surface area contributed by atoms with E-state index < -0.39 is 0 Å². The highest BCUT2D eigenvalue weighted by Gasteiger charge is 2.01. The standard InChI is InChI=1S/C14H18FN/c1-2-3-4-5-9-16-10-8-12-6-7-13(15)11-14(12)16/h6-8,10-11H,2-5,9H2,1H3. The Kier molecular flexibility index (Phi) is 3.60. The minimum Gasteiger partial charge on any atom is -0.347 e. The highest BCUT2D eigenvalue weighted by molar-refractivity contribution is 5.80. The van der Waals surface area contributed by atoms with Crippen LogP contribution < -0.4 is 0 Å². The van der Waals surface area contributed by atoms with Crippen molar-refractivity contribution in [2.45, 2.75) is 39.2 Å². The number of fused-ring (bicyclic) bond motifs is 1. The minimum absolute atomic E-state index is 0.152. The molecule has 0 saturated carbocycles. The maximum Gasteiger partial charge on any atom is 0.125 e. The molecule has 0 saturated heterocycles. The summed E-state index contributed by atoms with van der Waals surface area (Å²) < 4.78 is 15.3. The maximum absolute atomic E-state index is 13.1. The lowest BCUT2D eigenvalue weighted by Gasteiger charge is -2.04. The van der Waals surface area contributed by atoms with Gasteiger partial charge in [0.15, 0.2) is 0 Å². The molecule has 1 aromatic heterocycles. The monoisotopic (exact) mass is 219 g/mol. The van der Waals surface area contributed by atoms with E-state index >= 15 is 0 Å². The van der Waals surface area contributed by atoms with Crippen LogP contribution in [0.5, 0.6) is 0 Å². The van der Waals surface area contributed by atoms with Gasteiger partial charge in [-0.1, -0.05) is 26.2 Å². The van der Waals surface area contributed by atoms with E-state index in [0.29, 0.717) is 0 Å². The average molecular weight is 219 g/mol. The summed E-state index contributed by atoms with van der Waals surface area (Å²) in [6, 6.07) is 7.03. The largest absolute Gasteiger partial charge is 0.347 e. The van der Waals surface area contributed by atoms with Gasteiger partial charge >= 0.3 is 0 Å². The lowest BCUT2D eigenvalue weighted by atomic mass is 10.2. The molecule has 2 heteroatoms. The van der Waals surface area contributed by atoms with Gasteiger partial charge in [0, 0.05) is 12.7 Å². The predicted molar refractivity (Wildman–Crippen MR) is 66.0 cm³/mol. The molecule has 0 amide bonds. The van der Waals surface area contributed by atoms with Gasteiger partial charge in [-0.2, -0.15) is 0 Å². The van der Waals surface area contributed by atoms with Crippen LogP contribution in [0.3, 0.4) is 0 Å². The summed E-state index contributed by atoms with van der Waals surface area (Å²) in [5.41, 5.74) is 1.01. The normalized spacial score (nSPS) is 11.1. The molecule has 0 N–H and O–H groups in total. The molecule has 2 aromatic rings. The van der Waals surface area contributed by atoms with E-state index in [1.54, 1.807) is 6.07 Å². The molecule has 0 aliphatic rings. The van der Waals surface area contributed by atoms with E-state index in [9.17, 15) is 4.39 Å². The Morgan fingerprint density at radius 1 is 1.12 bits per heavy atom. The first-order chi connectivity index (χ1) is 7.81. The molecule has 0 atom stereocenters. The molecule has 0 spiro atoms. The molecule has 1 aromatic carbocycles. The molecule has 0 bridgehead atoms. The fourth-order valence-electron chi connectivity index (χ4n) is 2.06. The van der Waals surface area contributed by atoms with Crippen LogP contribution in [-0.4, -0.2) is 4.57 Å². The van der Waals surface area contributed by atoms with E-state index in [-0.39, 0.29) is 5.82 Å². The van der Waals surface area contributed by atoms with E-state index in [1.165, 1.54) is 31.7 Å². The van der Waals surface area contributed by atoms with Crippen molar-refractivity contribution in [2.24, 2.45) is 0 Å². The molecule has 0 aliphatic carbocycles. The van der Waals surface area contributed by atoms with Gasteiger partial charge in [0.25, 0.3) is 0 Å². The summed E-state index contributed by atoms with van der Waals surface area (Å²) in [5, 5.41) is 1.12. The second-order valence-corrected chi connectivity index (χ2v) is 4.27. The second-order valence-electron chi connectivity index (χ2n) is 4.27. The van der Waals surface area contributed by atoms with Gasteiger partial charge in [0.2, 0.25) is 0 Å². The van der Waals surface area contributed by atoms with Crippen molar-refractivity contribution in [2.75, 3.05) is 0 Å². The Hall–Kier alpha value is -1.31. The van der Waals surface area contributed by atoms with Gasteiger partial charge in [-0.05, 0) is 36.1 Å². The van der Waals surface area contributed by atoms with Gasteiger partial charge < -0.3 is 4.57 Å². The first-order valence-corrected chi connectivity index (χ1v) is 6.05. The van der Waals surface area contributed by atoms with Gasteiger partial charge in [-0.3, -0.25) is 0 Å². The van der Waals surface area contributed by atoms with Crippen LogP contribution in [0.1, 0.15) is 32.6 Å². The number of aromatic nitrogens is 1. The lowest BCUT2D eigenvalue weighted by molar-refractivity contribution is 0.591. The number of rotatable bonds is 5. The zero-order chi connectivity index (χ0) is 11.4. The van der Waals surface area contributed by atoms with Gasteiger partial charge in [-0.25, -0.2) is 4.39 Å². The average Bonchev–Trinajstić information content (AvgIpc) is 2.67. The number of hydrogen-bond acceptors (Lipinski definition) is 0. The summed E-state index contributed by atoms with van der Waals surface area (Å²) in [6.07, 6.45) is 7.02. The lowest BCUT2D eigenvalue weighted by Crippen LogP contribution is -1.96. The van der Waals surface area contributed by atoms with Gasteiger partial charge in [0.1, 0.15) is 5.82 Å². The van der Waals surface area contributed by atoms with Crippen molar-refractivity contribution in [1.82, 2.24) is 4.57 Å². The van der Waals surface area contributed by atoms with Gasteiger partial charge in [0.05, 0.1) is 5.52 Å². The summed E-state index contributed by atoms with van der Waals surface area (Å²) >= 11 is 0. The molecule has 0 aliphatic heterocycles. The third kappa shape index (κ3) is 2.43. The summed E-state index contributed by atoms with van der Waals surface area (Å²) in [6.45, 7) is 3.20. The molecular weight excluding hydrogens is 201 g/mol. The molecular formula is C14H18FN. The highest BCUT2D eigenvalue weighted by Crippen LogP contribution is 2.17. The summed E-state index contributed by atoms with van der Waals surface area (Å²) in [5.74, 6) is -0.152. The Labute approximate surface area is 95.9 Å². The van der Waals surface area contributed by atoms with Gasteiger partial charge in [-0.15, -0.1) is 0 Å². The molecule has 0 radical (unpaired) electrons. The van der Waals surface area contributed by atoms with E-state index in [4.69, 9.17) is 0 Å². The van der Waals surface area contributed by atoms with Crippen molar-refractivity contribution in [3.63, 3.8) is 0 Å². The smallest absolute Gasteiger partial charge is 0.125 e. The zero-order valence-electron chi connectivity index (χ0n) is 9.75. The number of benzene rings is 1. The number of halogens is 1. The molecule has 1 nitrogen and oxygen atoms in total. The van der Waals surface area contributed by atoms with Crippen LogP contribution in [0.25, 0.3) is 10.9 Å². The van der Waals surface area contributed by atoms with Crippen molar-refractivity contribution in [3.8, 4) is 0 Å². The van der Waals surface area contributed by atoms with Crippen LogP contribution in [-0.2, 0) is 6.54 Å². The maximum atomic E-state index is 13.1. The SMILES string of the molecule is CCCCCCn1ccc2ccc(F)cc21. The van der Waals surface area contributed by atoms with E-state index in [2.05, 4.69) is 23.8 Å². The van der Waals surface area contributed by atoms with E-state index in [1.807, 2.05) is 6.07 Å². The van der Waals surface area contributed by atoms with Crippen molar-refractivity contribution >= 4 is 10.9 Å². The van der Waals surface area contributed by atoms with Crippen molar-refractivity contribution in [1.29, 1.82) is 0 Å². The van der Waals surface area contributed by atoms with Crippen LogP contribution in [0.15, 0.2) is 30.5 Å². The quantitative estimate of drug-likeness (QED) is 0.658. The Balaban J connectivity index is 2.09. The molecule has 0 fully saturated rings. The predicted octanol–water partition coefficient (Wildman–Crippen LogP) is 4.36. The fraction of sp³-hybridized carbons (Fsp3) is 0.429. The summed E-state index contributed by atoms with van der Waals surface area (Å²) in [7, 11) is 0. The molecule has 2 rings (SSSR count). The molecule has 1 heterocycles. The number of nitrogens with zero attached hydrogens (tertiary/aromatic N) is 1. The molecule has 86 valence electrons. The Morgan fingerprint density at radius 3 is 2.81 bits per heavy atom. The molecule has 16 heavy (non-hydrogen) atoms. The number of hydrogen-bond donors (Lipinski definition) is 0. The highest BCUT2D eigenvalue weighted by atomic mass is 19.1. The second kappa shape index (κ2) is 5.15. The van der Waals surface area contributed by atoms with Crippen LogP contribution in [0, 0.1) is 5.82 Å². The zero-order valence-corrected chi connectivity index (χ0v) is 9.75. The minimum atomic E-state index is -0.152. The van der Waals surface area contributed by atoms with Crippen LogP contribution >= 0.6 is 0 Å². The van der Waals surface area contributed by atoms with Crippen molar-refractivity contribution < 1.29 is 4.39 Å². The summed E-state index contributed by atoms with van der Waals surface area (Å²) in [4.78, 5) is 0. The third-order valence-corrected chi connectivity index (χ3v) is 2.99. The number of aryl methyl sites for hydroxylation is 1. The third-order valence-electron chi connectivity index (χ3n) is 2.99. The van der Waals surface area contributed by atoms with E-state index in [0.717, 1.165) is 17.4 Å². The first-order valence-electron chi connectivity index (χ1n) is 6.05. The first kappa shape index (κ1) is 11.2. The fourth-order valence-corrected chi connectivity index (χ4v) is 2.06. The topological polar surface area (TPSA) is 4.93 Å². The molecule has 0 unspecified atom stereocenters.